The molecule has 2 aromatic carbocycles. The number of rotatable bonds is 8. The molecule has 2 heterocycles. The van der Waals surface area contributed by atoms with E-state index in [0.29, 0.717) is 11.9 Å². The lowest BCUT2D eigenvalue weighted by molar-refractivity contribution is 0.400. The van der Waals surface area contributed by atoms with Gasteiger partial charge in [-0.2, -0.15) is 4.98 Å². The second-order valence-corrected chi connectivity index (χ2v) is 10.2. The lowest BCUT2D eigenvalue weighted by atomic mass is 9.96. The van der Waals surface area contributed by atoms with Gasteiger partial charge in [0.05, 0.1) is 12.6 Å². The highest BCUT2D eigenvalue weighted by Crippen LogP contribution is 2.34. The zero-order valence-electron chi connectivity index (χ0n) is 21.2. The molecule has 0 unspecified atom stereocenters. The maximum atomic E-state index is 5.70. The van der Waals surface area contributed by atoms with Crippen LogP contribution in [0.25, 0.3) is 22.0 Å². The van der Waals surface area contributed by atoms with Crippen LogP contribution in [0.5, 0.6) is 5.88 Å². The number of nitrogens with zero attached hydrogens (tertiary/aromatic N) is 3. The molecule has 6 nitrogen and oxygen atoms in total. The molecule has 0 atom stereocenters. The molecule has 4 aromatic rings. The number of hydrogen-bond donors (Lipinski definition) is 2. The Kier molecular flexibility index (Phi) is 7.56. The van der Waals surface area contributed by atoms with Crippen LogP contribution in [0, 0.1) is 6.92 Å². The van der Waals surface area contributed by atoms with Crippen LogP contribution in [-0.4, -0.2) is 28.1 Å². The molecule has 1 aliphatic rings. The van der Waals surface area contributed by atoms with E-state index in [2.05, 4.69) is 59.2 Å². The highest BCUT2D eigenvalue weighted by atomic mass is 32.2. The van der Waals surface area contributed by atoms with Crippen LogP contribution in [0.2, 0.25) is 0 Å². The number of fused-ring (bicyclic) bond motifs is 1. The Morgan fingerprint density at radius 1 is 1.03 bits per heavy atom. The first-order valence-electron chi connectivity index (χ1n) is 12.7. The average molecular weight is 500 g/mol. The summed E-state index contributed by atoms with van der Waals surface area (Å²) in [5, 5.41) is 4.59. The molecule has 1 saturated carbocycles. The van der Waals surface area contributed by atoms with Gasteiger partial charge < -0.3 is 14.8 Å². The van der Waals surface area contributed by atoms with E-state index in [1.54, 1.807) is 19.1 Å². The Balaban J connectivity index is 1.41. The number of aromatic nitrogens is 3. The minimum atomic E-state index is 0.479. The number of nitrogens with one attached hydrogen (secondary N) is 2. The molecule has 0 aliphatic heterocycles. The SMILES string of the molecule is CCc1cc(-c2ccc(NSc3ccccc3C)nc2OC)cc2cnc(NC3CCCCC3)nc12. The van der Waals surface area contributed by atoms with Gasteiger partial charge in [-0.3, -0.25) is 0 Å². The topological polar surface area (TPSA) is 72.0 Å². The highest BCUT2D eigenvalue weighted by molar-refractivity contribution is 8.00. The van der Waals surface area contributed by atoms with Gasteiger partial charge >= 0.3 is 0 Å². The van der Waals surface area contributed by atoms with Crippen molar-refractivity contribution in [1.29, 1.82) is 0 Å². The van der Waals surface area contributed by atoms with Gasteiger partial charge in [0.15, 0.2) is 0 Å². The van der Waals surface area contributed by atoms with E-state index in [1.807, 2.05) is 24.4 Å². The summed E-state index contributed by atoms with van der Waals surface area (Å²) in [5.41, 5.74) is 5.43. The lowest BCUT2D eigenvalue weighted by Crippen LogP contribution is -2.23. The Labute approximate surface area is 217 Å². The van der Waals surface area contributed by atoms with Crippen molar-refractivity contribution in [3.05, 3.63) is 65.9 Å². The number of pyridine rings is 1. The van der Waals surface area contributed by atoms with Crippen LogP contribution in [0.1, 0.15) is 50.2 Å². The Morgan fingerprint density at radius 3 is 2.64 bits per heavy atom. The maximum Gasteiger partial charge on any atom is 0.223 e. The average Bonchev–Trinajstić information content (AvgIpc) is 2.92. The first-order chi connectivity index (χ1) is 17.6. The summed E-state index contributed by atoms with van der Waals surface area (Å²) < 4.78 is 9.05. The quantitative estimate of drug-likeness (QED) is 0.244. The summed E-state index contributed by atoms with van der Waals surface area (Å²) in [6.45, 7) is 4.27. The van der Waals surface area contributed by atoms with Crippen LogP contribution in [0.3, 0.4) is 0 Å². The summed E-state index contributed by atoms with van der Waals surface area (Å²) >= 11 is 1.55. The van der Waals surface area contributed by atoms with E-state index in [0.717, 1.165) is 40.2 Å². The first kappa shape index (κ1) is 24.4. The van der Waals surface area contributed by atoms with Crippen LogP contribution < -0.4 is 14.8 Å². The minimum absolute atomic E-state index is 0.479. The van der Waals surface area contributed by atoms with E-state index in [1.165, 1.54) is 48.1 Å². The first-order valence-corrected chi connectivity index (χ1v) is 13.6. The number of benzene rings is 2. The summed E-state index contributed by atoms with van der Waals surface area (Å²) in [6.07, 6.45) is 9.11. The van der Waals surface area contributed by atoms with Crippen molar-refractivity contribution < 1.29 is 4.74 Å². The molecule has 1 aliphatic carbocycles. The van der Waals surface area contributed by atoms with Crippen LogP contribution in [-0.2, 0) is 6.42 Å². The second kappa shape index (κ2) is 11.2. The molecule has 0 spiro atoms. The molecule has 2 aromatic heterocycles. The molecule has 36 heavy (non-hydrogen) atoms. The number of anilines is 2. The van der Waals surface area contributed by atoms with Crippen LogP contribution in [0.15, 0.2) is 59.6 Å². The third kappa shape index (κ3) is 5.41. The molecule has 2 N–H and O–H groups in total. The normalized spacial score (nSPS) is 14.1. The monoisotopic (exact) mass is 499 g/mol. The molecular formula is C29H33N5OS. The maximum absolute atomic E-state index is 5.70. The van der Waals surface area contributed by atoms with Gasteiger partial charge in [0.2, 0.25) is 11.8 Å². The Hall–Kier alpha value is -3.32. The number of ether oxygens (including phenoxy) is 1. The largest absolute Gasteiger partial charge is 0.480 e. The standard InChI is InChI=1S/C29H33N5OS/c1-4-20-16-21(17-22-18-30-29(33-27(20)22)31-23-11-6-5-7-12-23)24-14-15-26(32-28(24)35-3)34-36-25-13-9-8-10-19(25)2/h8-10,13-18,23H,4-7,11-12H2,1-3H3,(H,32,34)(H,30,31,33). The second-order valence-electron chi connectivity index (χ2n) is 9.32. The summed E-state index contributed by atoms with van der Waals surface area (Å²) in [5.74, 6) is 2.07. The van der Waals surface area contributed by atoms with Gasteiger partial charge in [-0.05, 0) is 85.2 Å². The molecule has 1 fully saturated rings. The van der Waals surface area contributed by atoms with Gasteiger partial charge in [-0.25, -0.2) is 9.97 Å². The summed E-state index contributed by atoms with van der Waals surface area (Å²) in [6, 6.07) is 17.2. The van der Waals surface area contributed by atoms with Gasteiger partial charge in [0.1, 0.15) is 5.82 Å². The molecule has 186 valence electrons. The van der Waals surface area contributed by atoms with Crippen LogP contribution >= 0.6 is 11.9 Å². The Morgan fingerprint density at radius 2 is 1.86 bits per heavy atom. The van der Waals surface area contributed by atoms with E-state index in [4.69, 9.17) is 14.7 Å². The summed E-state index contributed by atoms with van der Waals surface area (Å²) in [7, 11) is 1.66. The van der Waals surface area contributed by atoms with Crippen molar-refractivity contribution in [1.82, 2.24) is 15.0 Å². The van der Waals surface area contributed by atoms with Crippen molar-refractivity contribution in [2.24, 2.45) is 0 Å². The van der Waals surface area contributed by atoms with Crippen molar-refractivity contribution >= 4 is 34.6 Å². The lowest BCUT2D eigenvalue weighted by Gasteiger charge is -2.22. The fourth-order valence-corrected chi connectivity index (χ4v) is 5.50. The van der Waals surface area contributed by atoms with Gasteiger partial charge in [-0.1, -0.05) is 44.4 Å². The molecule has 0 amide bonds. The summed E-state index contributed by atoms with van der Waals surface area (Å²) in [4.78, 5) is 15.5. The predicted molar refractivity (Wildman–Crippen MR) is 150 cm³/mol. The fourth-order valence-electron chi connectivity index (χ4n) is 4.79. The van der Waals surface area contributed by atoms with E-state index >= 15 is 0 Å². The fraction of sp³-hybridized carbons (Fsp3) is 0.345. The number of hydrogen-bond acceptors (Lipinski definition) is 7. The zero-order chi connectivity index (χ0) is 24.9. The molecule has 7 heteroatoms. The van der Waals surface area contributed by atoms with E-state index in [9.17, 15) is 0 Å². The third-order valence-electron chi connectivity index (χ3n) is 6.81. The van der Waals surface area contributed by atoms with Crippen LogP contribution in [0.4, 0.5) is 11.8 Å². The minimum Gasteiger partial charge on any atom is -0.480 e. The molecular weight excluding hydrogens is 466 g/mol. The van der Waals surface area contributed by atoms with Crippen molar-refractivity contribution in [3.8, 4) is 17.0 Å². The Bertz CT molecular complexity index is 1350. The molecule has 0 bridgehead atoms. The van der Waals surface area contributed by atoms with Gasteiger partial charge in [-0.15, -0.1) is 0 Å². The smallest absolute Gasteiger partial charge is 0.223 e. The van der Waals surface area contributed by atoms with E-state index in [-0.39, 0.29) is 0 Å². The van der Waals surface area contributed by atoms with Crippen molar-refractivity contribution in [2.75, 3.05) is 17.1 Å². The predicted octanol–water partition coefficient (Wildman–Crippen LogP) is 7.44. The van der Waals surface area contributed by atoms with Gasteiger partial charge in [0.25, 0.3) is 0 Å². The van der Waals surface area contributed by atoms with Crippen molar-refractivity contribution in [2.45, 2.75) is 63.3 Å². The number of methoxy groups -OCH3 is 1. The van der Waals surface area contributed by atoms with Crippen molar-refractivity contribution in [3.63, 3.8) is 0 Å². The zero-order valence-corrected chi connectivity index (χ0v) is 22.0. The van der Waals surface area contributed by atoms with Gasteiger partial charge in [0, 0.05) is 28.1 Å². The molecule has 5 rings (SSSR count). The molecule has 0 radical (unpaired) electrons. The van der Waals surface area contributed by atoms with E-state index < -0.39 is 0 Å². The number of aryl methyl sites for hydroxylation is 2. The molecule has 0 saturated heterocycles. The third-order valence-corrected chi connectivity index (χ3v) is 7.79. The highest BCUT2D eigenvalue weighted by Gasteiger charge is 2.16.